The fourth-order valence-electron chi connectivity index (χ4n) is 3.14. The van der Waals surface area contributed by atoms with Gasteiger partial charge in [0, 0.05) is 31.5 Å². The van der Waals surface area contributed by atoms with E-state index in [4.69, 9.17) is 4.42 Å². The quantitative estimate of drug-likeness (QED) is 0.476. The number of nitrogens with one attached hydrogen (secondary N) is 1. The molecule has 142 valence electrons. The second kappa shape index (κ2) is 8.52. The van der Waals surface area contributed by atoms with Crippen LogP contribution in [-0.2, 0) is 17.8 Å². The molecule has 28 heavy (non-hydrogen) atoms. The van der Waals surface area contributed by atoms with Crippen molar-refractivity contribution in [1.29, 1.82) is 0 Å². The van der Waals surface area contributed by atoms with Crippen molar-refractivity contribution in [3.05, 3.63) is 73.0 Å². The lowest BCUT2D eigenvalue weighted by molar-refractivity contribution is -0.121. The predicted octanol–water partition coefficient (Wildman–Crippen LogP) is 3.83. The summed E-state index contributed by atoms with van der Waals surface area (Å²) < 4.78 is 7.84. The molecule has 4 aromatic rings. The highest BCUT2D eigenvalue weighted by Crippen LogP contribution is 2.20. The number of oxazole rings is 1. The fraction of sp³-hybridized carbons (Fsp3) is 0.227. The molecule has 0 aliphatic rings. The fourth-order valence-corrected chi connectivity index (χ4v) is 3.14. The number of imidazole rings is 1. The Kier molecular flexibility index (Phi) is 5.47. The molecule has 0 fully saturated rings. The maximum Gasteiger partial charge on any atom is 0.220 e. The number of amides is 1. The minimum atomic E-state index is 0.00921. The zero-order chi connectivity index (χ0) is 19.2. The zero-order valence-electron chi connectivity index (χ0n) is 15.5. The van der Waals surface area contributed by atoms with Crippen molar-refractivity contribution in [1.82, 2.24) is 19.9 Å². The summed E-state index contributed by atoms with van der Waals surface area (Å²) >= 11 is 0. The summed E-state index contributed by atoms with van der Waals surface area (Å²) in [5.74, 6) is 1.32. The van der Waals surface area contributed by atoms with Gasteiger partial charge in [-0.25, -0.2) is 9.97 Å². The van der Waals surface area contributed by atoms with Crippen molar-refractivity contribution in [2.75, 3.05) is 6.54 Å². The molecule has 6 nitrogen and oxygen atoms in total. The van der Waals surface area contributed by atoms with E-state index in [0.29, 0.717) is 25.3 Å². The summed E-state index contributed by atoms with van der Waals surface area (Å²) in [7, 11) is 0. The van der Waals surface area contributed by atoms with E-state index in [2.05, 4.69) is 25.9 Å². The third-order valence-electron chi connectivity index (χ3n) is 4.60. The number of aromatic nitrogens is 3. The largest absolute Gasteiger partial charge is 0.441 e. The molecule has 0 radical (unpaired) electrons. The van der Waals surface area contributed by atoms with Crippen LogP contribution in [0.1, 0.15) is 18.7 Å². The number of carbonyl (C=O) groups is 1. The Morgan fingerprint density at radius 3 is 2.75 bits per heavy atom. The summed E-state index contributed by atoms with van der Waals surface area (Å²) in [4.78, 5) is 20.7. The Labute approximate surface area is 163 Å². The van der Waals surface area contributed by atoms with Crippen LogP contribution in [0.5, 0.6) is 0 Å². The van der Waals surface area contributed by atoms with Gasteiger partial charge < -0.3 is 14.3 Å². The van der Waals surface area contributed by atoms with Crippen LogP contribution in [0.2, 0.25) is 0 Å². The van der Waals surface area contributed by atoms with E-state index in [1.807, 2.05) is 54.9 Å². The first-order valence-electron chi connectivity index (χ1n) is 9.46. The highest BCUT2D eigenvalue weighted by Gasteiger charge is 2.09. The smallest absolute Gasteiger partial charge is 0.220 e. The van der Waals surface area contributed by atoms with Crippen molar-refractivity contribution in [2.24, 2.45) is 0 Å². The molecular weight excluding hydrogens is 352 g/mol. The normalized spacial score (nSPS) is 11.0. The number of aryl methyl sites for hydroxylation is 2. The lowest BCUT2D eigenvalue weighted by Crippen LogP contribution is -2.25. The molecule has 0 atom stereocenters. The van der Waals surface area contributed by atoms with E-state index >= 15 is 0 Å². The number of hydrogen-bond acceptors (Lipinski definition) is 4. The highest BCUT2D eigenvalue weighted by molar-refractivity contribution is 5.76. The number of para-hydroxylation sites is 2. The molecule has 0 spiro atoms. The van der Waals surface area contributed by atoms with Gasteiger partial charge in [-0.2, -0.15) is 0 Å². The molecule has 4 rings (SSSR count). The maximum atomic E-state index is 12.1. The van der Waals surface area contributed by atoms with Gasteiger partial charge >= 0.3 is 0 Å². The summed E-state index contributed by atoms with van der Waals surface area (Å²) in [5.41, 5.74) is 3.09. The van der Waals surface area contributed by atoms with Crippen LogP contribution in [0, 0.1) is 0 Å². The van der Waals surface area contributed by atoms with Crippen LogP contribution >= 0.6 is 0 Å². The SMILES string of the molecule is O=C(CCc1ncc(-c2ccccc2)o1)NCCCn1cnc2ccccc21. The third-order valence-corrected chi connectivity index (χ3v) is 4.60. The molecule has 0 saturated carbocycles. The van der Waals surface area contributed by atoms with Crippen LogP contribution in [0.15, 0.2) is 71.5 Å². The van der Waals surface area contributed by atoms with Crippen molar-refractivity contribution in [3.63, 3.8) is 0 Å². The molecule has 6 heteroatoms. The van der Waals surface area contributed by atoms with Gasteiger partial charge in [0.1, 0.15) is 0 Å². The average molecular weight is 374 g/mol. The molecular formula is C22H22N4O2. The number of hydrogen-bond donors (Lipinski definition) is 1. The Hall–Kier alpha value is -3.41. The van der Waals surface area contributed by atoms with Crippen molar-refractivity contribution < 1.29 is 9.21 Å². The van der Waals surface area contributed by atoms with Gasteiger partial charge in [0.2, 0.25) is 5.91 Å². The summed E-state index contributed by atoms with van der Waals surface area (Å²) in [6, 6.07) is 17.9. The monoisotopic (exact) mass is 374 g/mol. The molecule has 2 heterocycles. The molecule has 2 aromatic carbocycles. The number of nitrogens with zero attached hydrogens (tertiary/aromatic N) is 3. The number of carbonyl (C=O) groups excluding carboxylic acids is 1. The van der Waals surface area contributed by atoms with E-state index in [-0.39, 0.29) is 5.91 Å². The summed E-state index contributed by atoms with van der Waals surface area (Å²) in [5, 5.41) is 2.96. The number of fused-ring (bicyclic) bond motifs is 1. The van der Waals surface area contributed by atoms with E-state index in [1.165, 1.54) is 0 Å². The molecule has 1 N–H and O–H groups in total. The first kappa shape index (κ1) is 18.0. The molecule has 1 amide bonds. The van der Waals surface area contributed by atoms with E-state index in [9.17, 15) is 4.79 Å². The van der Waals surface area contributed by atoms with E-state index in [0.717, 1.165) is 35.3 Å². The Balaban J connectivity index is 1.20. The van der Waals surface area contributed by atoms with Crippen LogP contribution in [0.3, 0.4) is 0 Å². The highest BCUT2D eigenvalue weighted by atomic mass is 16.4. The molecule has 0 bridgehead atoms. The molecule has 0 unspecified atom stereocenters. The van der Waals surface area contributed by atoms with E-state index in [1.54, 1.807) is 6.20 Å². The molecule has 0 aliphatic heterocycles. The Morgan fingerprint density at radius 1 is 1.04 bits per heavy atom. The second-order valence-corrected chi connectivity index (χ2v) is 6.61. The lowest BCUT2D eigenvalue weighted by Gasteiger charge is -2.06. The van der Waals surface area contributed by atoms with Gasteiger partial charge in [-0.3, -0.25) is 4.79 Å². The van der Waals surface area contributed by atoms with Gasteiger partial charge in [-0.15, -0.1) is 0 Å². The topological polar surface area (TPSA) is 73.0 Å². The van der Waals surface area contributed by atoms with Gasteiger partial charge in [0.05, 0.1) is 23.6 Å². The molecule has 0 saturated heterocycles. The minimum absolute atomic E-state index is 0.00921. The van der Waals surface area contributed by atoms with Crippen molar-refractivity contribution in [2.45, 2.75) is 25.8 Å². The number of benzene rings is 2. The average Bonchev–Trinajstić information content (AvgIpc) is 3.38. The van der Waals surface area contributed by atoms with Gasteiger partial charge in [0.15, 0.2) is 11.7 Å². The third kappa shape index (κ3) is 4.28. The Morgan fingerprint density at radius 2 is 1.86 bits per heavy atom. The first-order valence-corrected chi connectivity index (χ1v) is 9.46. The molecule has 0 aliphatic carbocycles. The predicted molar refractivity (Wildman–Crippen MR) is 108 cm³/mol. The Bertz CT molecular complexity index is 1050. The van der Waals surface area contributed by atoms with Crippen molar-refractivity contribution in [3.8, 4) is 11.3 Å². The maximum absolute atomic E-state index is 12.1. The van der Waals surface area contributed by atoms with Crippen LogP contribution < -0.4 is 5.32 Å². The van der Waals surface area contributed by atoms with E-state index < -0.39 is 0 Å². The van der Waals surface area contributed by atoms with Crippen molar-refractivity contribution >= 4 is 16.9 Å². The number of rotatable bonds is 8. The van der Waals surface area contributed by atoms with Crippen LogP contribution in [0.4, 0.5) is 0 Å². The summed E-state index contributed by atoms with van der Waals surface area (Å²) in [6.45, 7) is 1.45. The molecule has 2 aromatic heterocycles. The van der Waals surface area contributed by atoms with Crippen LogP contribution in [-0.4, -0.2) is 27.0 Å². The standard InChI is InChI=1S/C22H22N4O2/c27-21(11-12-22-24-15-20(28-22)17-7-2-1-3-8-17)23-13-6-14-26-16-25-18-9-4-5-10-19(18)26/h1-5,7-10,15-16H,6,11-14H2,(H,23,27). The minimum Gasteiger partial charge on any atom is -0.441 e. The van der Waals surface area contributed by atoms with Gasteiger partial charge in [-0.1, -0.05) is 42.5 Å². The first-order chi connectivity index (χ1) is 13.8. The zero-order valence-corrected chi connectivity index (χ0v) is 15.5. The second-order valence-electron chi connectivity index (χ2n) is 6.61. The lowest BCUT2D eigenvalue weighted by atomic mass is 10.2. The van der Waals surface area contributed by atoms with Crippen LogP contribution in [0.25, 0.3) is 22.4 Å². The van der Waals surface area contributed by atoms with Gasteiger partial charge in [0.25, 0.3) is 0 Å². The summed E-state index contributed by atoms with van der Waals surface area (Å²) in [6.07, 6.45) is 5.26. The van der Waals surface area contributed by atoms with Gasteiger partial charge in [-0.05, 0) is 18.6 Å².